The number of carbonyl (C=O) groups is 2. The number of unbranched alkanes of at least 4 members (excludes halogenated alkanes) is 2. The number of nitrogens with one attached hydrogen (secondary N) is 1. The Morgan fingerprint density at radius 2 is 1.85 bits per heavy atom. The van der Waals surface area contributed by atoms with Gasteiger partial charge in [-0.25, -0.2) is 28.6 Å². The number of allylic oxidation sites excluding steroid dienone is 3. The number of fused-ring (bicyclic) bond motifs is 3. The van der Waals surface area contributed by atoms with Crippen LogP contribution in [0.1, 0.15) is 61.7 Å². The lowest BCUT2D eigenvalue weighted by molar-refractivity contribution is -0.362. The van der Waals surface area contributed by atoms with Gasteiger partial charge in [-0.2, -0.15) is 8.62 Å². The fourth-order valence-corrected chi connectivity index (χ4v) is 10.1. The number of aromatic nitrogens is 5. The number of hydrogen-bond acceptors (Lipinski definition) is 14. The largest absolute Gasteiger partial charge is 0.737 e. The Morgan fingerprint density at radius 3 is 2.60 bits per heavy atom. The molecule has 6 heterocycles. The van der Waals surface area contributed by atoms with E-state index in [4.69, 9.17) is 29.5 Å². The van der Waals surface area contributed by atoms with E-state index in [0.29, 0.717) is 42.0 Å². The van der Waals surface area contributed by atoms with Gasteiger partial charge in [0.1, 0.15) is 29.9 Å². The second kappa shape index (κ2) is 18.1. The van der Waals surface area contributed by atoms with Crippen LogP contribution in [0.5, 0.6) is 0 Å². The monoisotopic (exact) mass is 904 g/mol. The summed E-state index contributed by atoms with van der Waals surface area (Å²) in [5, 5.41) is 2.57. The van der Waals surface area contributed by atoms with Crippen molar-refractivity contribution in [3.63, 3.8) is 0 Å². The summed E-state index contributed by atoms with van der Waals surface area (Å²) in [6.07, 6.45) is 9.71. The number of nitrogens with two attached hydrogens (primary N) is 1. The second-order valence-electron chi connectivity index (χ2n) is 13.9. The molecule has 0 spiro atoms. The smallest absolute Gasteiger partial charge is 0.394 e. The molecule has 6 rings (SSSR count). The third-order valence-corrected chi connectivity index (χ3v) is 13.4. The highest BCUT2D eigenvalue weighted by Crippen LogP contribution is 2.66. The van der Waals surface area contributed by atoms with Crippen molar-refractivity contribution in [1.82, 2.24) is 29.3 Å². The average molecular weight is 904 g/mol. The summed E-state index contributed by atoms with van der Waals surface area (Å²) in [6, 6.07) is 1.70. The molecular weight excluding hydrogens is 862 g/mol. The number of ether oxygens (including phenoxy) is 2. The minimum absolute atomic E-state index is 0.0271. The highest BCUT2D eigenvalue weighted by atomic mass is 31.3. The van der Waals surface area contributed by atoms with Crippen LogP contribution < -0.4 is 11.1 Å². The molecule has 1 saturated heterocycles. The molecule has 3 aromatic heterocycles. The van der Waals surface area contributed by atoms with E-state index in [2.05, 4.69) is 28.9 Å². The molecule has 3 aliphatic rings. The van der Waals surface area contributed by atoms with E-state index in [1.54, 1.807) is 50.3 Å². The Hall–Kier alpha value is -4.09. The zero-order chi connectivity index (χ0) is 43.6. The zero-order valence-corrected chi connectivity index (χ0v) is 34.7. The Morgan fingerprint density at radius 1 is 1.08 bits per heavy atom. The lowest BCUT2D eigenvalue weighted by atomic mass is 9.90. The van der Waals surface area contributed by atoms with Crippen LogP contribution in [0.2, 0.25) is 0 Å². The number of nitrogen functional groups attached to an aromatic ring is 1. The van der Waals surface area contributed by atoms with Gasteiger partial charge in [-0.15, -0.1) is 0 Å². The number of aryl methyl sites for hydroxylation is 2. The van der Waals surface area contributed by atoms with Gasteiger partial charge in [0.05, 0.1) is 25.6 Å². The predicted octanol–water partition coefficient (Wildman–Crippen LogP) is 3.34. The van der Waals surface area contributed by atoms with Crippen LogP contribution in [0.4, 0.5) is 14.4 Å². The van der Waals surface area contributed by atoms with Gasteiger partial charge < -0.3 is 57.7 Å². The molecule has 3 aromatic rings. The third kappa shape index (κ3) is 10.7. The summed E-state index contributed by atoms with van der Waals surface area (Å²) in [7, 11) is -16.8. The zero-order valence-electron chi connectivity index (χ0n) is 32.0. The first-order chi connectivity index (χ1) is 28.2. The second-order valence-corrected chi connectivity index (χ2v) is 18.3. The summed E-state index contributed by atoms with van der Waals surface area (Å²) in [5.41, 5.74) is 8.67. The predicted molar refractivity (Wildman–Crippen MR) is 208 cm³/mol. The number of ketones is 1. The fourth-order valence-electron chi connectivity index (χ4n) is 7.05. The maximum absolute atomic E-state index is 15.6. The van der Waals surface area contributed by atoms with Crippen LogP contribution in [0, 0.1) is 13.8 Å². The molecule has 326 valence electrons. The summed E-state index contributed by atoms with van der Waals surface area (Å²) < 4.78 is 94.2. The SMILES string of the molecule is Cc1cc(C)n2c1C=C1C=CC(CCC(=O)C(=O)NCCCC/C=C/CO[C@H]3C[C@H](n4cnc5c(N)ncnc54)O[C@@H]3COP(=O)(O)OP(=O)(O)OP(=O)(O)O)=[N+]1[B-]2(F)F. The number of imidazole rings is 1. The van der Waals surface area contributed by atoms with Gasteiger partial charge in [-0.05, 0) is 50.4 Å². The number of nitrogens with zero attached hydrogens (tertiary/aromatic N) is 6. The van der Waals surface area contributed by atoms with Gasteiger partial charge in [0, 0.05) is 49.7 Å². The molecule has 28 heteroatoms. The molecule has 3 aliphatic heterocycles. The van der Waals surface area contributed by atoms with Crippen molar-refractivity contribution in [2.24, 2.45) is 0 Å². The fraction of sp³-hybridized carbons (Fsp3) is 0.438. The number of halogens is 2. The molecule has 0 aromatic carbocycles. The van der Waals surface area contributed by atoms with Crippen molar-refractivity contribution in [3.05, 3.63) is 65.7 Å². The number of hydrogen-bond donors (Lipinski definition) is 6. The molecule has 22 nitrogen and oxygen atoms in total. The molecule has 0 saturated carbocycles. The molecule has 60 heavy (non-hydrogen) atoms. The lowest BCUT2D eigenvalue weighted by Crippen LogP contribution is -2.50. The molecule has 7 N–H and O–H groups in total. The van der Waals surface area contributed by atoms with E-state index >= 15 is 8.63 Å². The Labute approximate surface area is 340 Å². The summed E-state index contributed by atoms with van der Waals surface area (Å²) >= 11 is 0. The van der Waals surface area contributed by atoms with E-state index in [1.165, 1.54) is 17.2 Å². The van der Waals surface area contributed by atoms with E-state index in [1.807, 2.05) is 0 Å². The number of Topliss-reactive ketones (excluding diaryl/α,β-unsaturated/α-hetero) is 1. The van der Waals surface area contributed by atoms with E-state index in [0.717, 1.165) is 14.5 Å². The maximum atomic E-state index is 15.6. The standard InChI is InChI=1S/C32H42BF2N8O14P3/c1-20-14-21(2)42-24(20)15-23-9-8-22(43(23)33(42,34)35)10-11-25(44)32(45)37-12-6-4-3-5-7-13-53-26-16-28(41-19-40-29-30(36)38-18-39-31(29)41)55-27(26)17-54-59(49,50)57-60(51,52)56-58(46,47)48/h5,7-9,14-15,18-19,26-28H,3-4,6,10-13,16-17H2,1-2H3,(H,37,45)(H,49,50)(H,51,52)(H2,36,38,39)(H2,46,47,48)/b7-5+/t26-,27+,28+/m0/s1. The molecule has 5 atom stereocenters. The number of amides is 1. The number of anilines is 1. The van der Waals surface area contributed by atoms with Crippen LogP contribution >= 0.6 is 23.5 Å². The molecule has 2 unspecified atom stereocenters. The first-order valence-corrected chi connectivity index (χ1v) is 22.9. The quantitative estimate of drug-likeness (QED) is 0.0311. The van der Waals surface area contributed by atoms with Crippen molar-refractivity contribution in [3.8, 4) is 0 Å². The van der Waals surface area contributed by atoms with Gasteiger partial charge in [-0.3, -0.25) is 18.7 Å². The van der Waals surface area contributed by atoms with Gasteiger partial charge >= 0.3 is 30.4 Å². The van der Waals surface area contributed by atoms with Crippen molar-refractivity contribution in [1.29, 1.82) is 0 Å². The summed E-state index contributed by atoms with van der Waals surface area (Å²) in [5.74, 6) is -1.41. The highest BCUT2D eigenvalue weighted by molar-refractivity contribution is 7.66. The topological polar surface area (TPSA) is 302 Å². The van der Waals surface area contributed by atoms with Crippen LogP contribution in [0.15, 0.2) is 48.7 Å². The van der Waals surface area contributed by atoms with Crippen molar-refractivity contribution in [2.45, 2.75) is 70.8 Å². The van der Waals surface area contributed by atoms with E-state index < -0.39 is 67.2 Å². The van der Waals surface area contributed by atoms with E-state index in [-0.39, 0.29) is 49.5 Å². The van der Waals surface area contributed by atoms with Crippen LogP contribution in [0.3, 0.4) is 0 Å². The van der Waals surface area contributed by atoms with Gasteiger partial charge in [-0.1, -0.05) is 12.2 Å². The van der Waals surface area contributed by atoms with Crippen molar-refractivity contribution in [2.75, 3.05) is 25.5 Å². The Balaban J connectivity index is 0.946. The number of phosphoric ester groups is 1. The first-order valence-electron chi connectivity index (χ1n) is 18.4. The van der Waals surface area contributed by atoms with Crippen LogP contribution in [-0.2, 0) is 45.9 Å². The molecule has 0 aliphatic carbocycles. The summed E-state index contributed by atoms with van der Waals surface area (Å²) in [6.45, 7) is -1.31. The average Bonchev–Trinajstić information content (AvgIpc) is 3.92. The molecule has 0 bridgehead atoms. The minimum Gasteiger partial charge on any atom is -0.394 e. The third-order valence-electron chi connectivity index (χ3n) is 9.62. The number of carbonyl (C=O) groups excluding carboxylic acids is 2. The summed E-state index contributed by atoms with van der Waals surface area (Å²) in [4.78, 5) is 74.3. The Kier molecular flexibility index (Phi) is 13.7. The van der Waals surface area contributed by atoms with Crippen molar-refractivity contribution < 1.29 is 78.6 Å². The molecular formula is C32H42BF2N8O14P3. The molecule has 0 radical (unpaired) electrons. The Bertz CT molecular complexity index is 2440. The van der Waals surface area contributed by atoms with Gasteiger partial charge in [0.2, 0.25) is 5.78 Å². The number of phosphoric acid groups is 3. The minimum atomic E-state index is -5.75. The number of rotatable bonds is 20. The first kappa shape index (κ1) is 45.4. The maximum Gasteiger partial charge on any atom is 0.737 e. The highest BCUT2D eigenvalue weighted by Gasteiger charge is 2.52. The van der Waals surface area contributed by atoms with E-state index in [9.17, 15) is 33.1 Å². The van der Waals surface area contributed by atoms with Gasteiger partial charge in [0.15, 0.2) is 17.2 Å². The van der Waals surface area contributed by atoms with Crippen LogP contribution in [0.25, 0.3) is 17.2 Å². The lowest BCUT2D eigenvalue weighted by Gasteiger charge is -2.30. The molecule has 1 amide bonds. The molecule has 1 fully saturated rings. The van der Waals surface area contributed by atoms with Crippen LogP contribution in [-0.4, -0.2) is 104 Å². The normalized spacial score (nSPS) is 21.9. The van der Waals surface area contributed by atoms with Crippen molar-refractivity contribution >= 4 is 70.9 Å². The van der Waals surface area contributed by atoms with Gasteiger partial charge in [0.25, 0.3) is 5.91 Å².